The highest BCUT2D eigenvalue weighted by Gasteiger charge is 2.29. The van der Waals surface area contributed by atoms with Crippen LogP contribution in [0.15, 0.2) is 44.8 Å². The maximum absolute atomic E-state index is 13.8. The smallest absolute Gasteiger partial charge is 0.407 e. The quantitative estimate of drug-likeness (QED) is 0.416. The van der Waals surface area contributed by atoms with Crippen LogP contribution in [0.2, 0.25) is 0 Å². The van der Waals surface area contributed by atoms with Crippen molar-refractivity contribution in [3.63, 3.8) is 0 Å². The molecule has 41 heavy (non-hydrogen) atoms. The molecule has 1 aliphatic rings. The van der Waals surface area contributed by atoms with Crippen molar-refractivity contribution < 1.29 is 17.9 Å². The zero-order valence-corrected chi connectivity index (χ0v) is 24.8. The number of anilines is 1. The van der Waals surface area contributed by atoms with Crippen LogP contribution in [0.5, 0.6) is 0 Å². The summed E-state index contributed by atoms with van der Waals surface area (Å²) in [6.07, 6.45) is 0.953. The Kier molecular flexibility index (Phi) is 8.63. The number of rotatable bonds is 7. The van der Waals surface area contributed by atoms with Crippen molar-refractivity contribution >= 4 is 32.9 Å². The van der Waals surface area contributed by atoms with E-state index in [1.807, 2.05) is 4.90 Å². The van der Waals surface area contributed by atoms with Crippen molar-refractivity contribution in [2.45, 2.75) is 70.2 Å². The van der Waals surface area contributed by atoms with Gasteiger partial charge < -0.3 is 15.0 Å². The highest BCUT2D eigenvalue weighted by Crippen LogP contribution is 2.23. The van der Waals surface area contributed by atoms with Gasteiger partial charge in [0.2, 0.25) is 5.95 Å². The van der Waals surface area contributed by atoms with Crippen LogP contribution in [0, 0.1) is 11.8 Å². The number of carbonyl (C=O) groups excluding carboxylic acids is 1. The van der Waals surface area contributed by atoms with E-state index in [4.69, 9.17) is 4.74 Å². The van der Waals surface area contributed by atoms with Crippen molar-refractivity contribution in [2.24, 2.45) is 7.05 Å². The number of alkyl carbamates (subject to hydrolysis) is 1. The Bertz CT molecular complexity index is 1720. The average Bonchev–Trinajstić information content (AvgIpc) is 3.30. The van der Waals surface area contributed by atoms with Gasteiger partial charge in [-0.05, 0) is 52.7 Å². The molecule has 2 aromatic heterocycles. The lowest BCUT2D eigenvalue weighted by molar-refractivity contribution is 0.0499. The zero-order valence-electron chi connectivity index (χ0n) is 24.0. The molecular formula is C28H36N6O6S. The number of piperidine rings is 1. The second-order valence-electron chi connectivity index (χ2n) is 10.9. The number of sulfone groups is 1. The Morgan fingerprint density at radius 1 is 1.17 bits per heavy atom. The minimum atomic E-state index is -3.69. The molecule has 0 bridgehead atoms. The van der Waals surface area contributed by atoms with Crippen LogP contribution in [0.4, 0.5) is 10.7 Å². The summed E-state index contributed by atoms with van der Waals surface area (Å²) in [4.78, 5) is 46.2. The fourth-order valence-corrected chi connectivity index (χ4v) is 6.05. The predicted octanol–water partition coefficient (Wildman–Crippen LogP) is 1.89. The fraction of sp³-hybridized carbons (Fsp3) is 0.500. The molecule has 1 amide bonds. The number of imidazole rings is 1. The summed E-state index contributed by atoms with van der Waals surface area (Å²) in [5, 5.41) is 2.90. The summed E-state index contributed by atoms with van der Waals surface area (Å²) >= 11 is 0. The van der Waals surface area contributed by atoms with Gasteiger partial charge in [-0.25, -0.2) is 27.6 Å². The van der Waals surface area contributed by atoms with Gasteiger partial charge in [0.05, 0.1) is 23.7 Å². The molecule has 3 aromatic rings. The summed E-state index contributed by atoms with van der Waals surface area (Å²) in [5.41, 5.74) is -1.66. The second-order valence-corrected chi connectivity index (χ2v) is 13.1. The Morgan fingerprint density at radius 2 is 1.88 bits per heavy atom. The molecule has 0 saturated carbocycles. The van der Waals surface area contributed by atoms with Crippen molar-refractivity contribution in [1.29, 1.82) is 0 Å². The van der Waals surface area contributed by atoms with Gasteiger partial charge in [0.1, 0.15) is 11.1 Å². The number of nitrogens with zero attached hydrogens (tertiary/aromatic N) is 5. The van der Waals surface area contributed by atoms with E-state index in [-0.39, 0.29) is 40.8 Å². The lowest BCUT2D eigenvalue weighted by Crippen LogP contribution is -2.49. The zero-order chi connectivity index (χ0) is 29.9. The van der Waals surface area contributed by atoms with Crippen molar-refractivity contribution in [1.82, 2.24) is 24.2 Å². The molecule has 1 aromatic carbocycles. The third kappa shape index (κ3) is 6.65. The van der Waals surface area contributed by atoms with Gasteiger partial charge in [0, 0.05) is 26.2 Å². The molecular weight excluding hydrogens is 548 g/mol. The standard InChI is InChI=1S/C28H36N6O6S/c1-6-7-16-33-23-22(30-26(33)32-15-11-12-20(19-32)29-27(37)40-28(2,3)4)24(35)31(5)34(25(23)36)17-18-41(38,39)21-13-9-8-10-14-21/h8-10,13-14,20H,11-12,15-19H2,1-5H3,(H,29,37). The number of hydrogen-bond donors (Lipinski definition) is 1. The summed E-state index contributed by atoms with van der Waals surface area (Å²) in [6, 6.07) is 7.74. The summed E-state index contributed by atoms with van der Waals surface area (Å²) in [5.74, 6) is 5.80. The van der Waals surface area contributed by atoms with Crippen LogP contribution in [0.1, 0.15) is 40.5 Å². The maximum Gasteiger partial charge on any atom is 0.407 e. The van der Waals surface area contributed by atoms with E-state index < -0.39 is 32.7 Å². The largest absolute Gasteiger partial charge is 0.444 e. The second kappa shape index (κ2) is 11.8. The minimum Gasteiger partial charge on any atom is -0.444 e. The lowest BCUT2D eigenvalue weighted by atomic mass is 10.1. The average molecular weight is 585 g/mol. The number of fused-ring (bicyclic) bond motifs is 1. The highest BCUT2D eigenvalue weighted by atomic mass is 32.2. The molecule has 0 spiro atoms. The van der Waals surface area contributed by atoms with Gasteiger partial charge in [0.25, 0.3) is 11.1 Å². The topological polar surface area (TPSA) is 138 Å². The van der Waals surface area contributed by atoms with Crippen LogP contribution in [-0.4, -0.2) is 63.9 Å². The van der Waals surface area contributed by atoms with Crippen LogP contribution in [-0.2, 0) is 34.7 Å². The Labute approximate surface area is 238 Å². The lowest BCUT2D eigenvalue weighted by Gasteiger charge is -2.34. The van der Waals surface area contributed by atoms with E-state index in [0.717, 1.165) is 22.2 Å². The molecule has 1 fully saturated rings. The number of carbonyl (C=O) groups is 1. The van der Waals surface area contributed by atoms with Crippen molar-refractivity contribution in [2.75, 3.05) is 23.7 Å². The molecule has 1 N–H and O–H groups in total. The van der Waals surface area contributed by atoms with Gasteiger partial charge in [-0.2, -0.15) is 0 Å². The van der Waals surface area contributed by atoms with Gasteiger partial charge in [0.15, 0.2) is 15.4 Å². The normalized spacial score (nSPS) is 15.8. The molecule has 1 aliphatic heterocycles. The molecule has 0 radical (unpaired) electrons. The maximum atomic E-state index is 13.8. The SMILES string of the molecule is CC#CCn1c(N2CCCC(NC(=O)OC(C)(C)C)C2)nc2c(=O)n(C)n(CCS(=O)(=O)c3ccccc3)c(=O)c21. The van der Waals surface area contributed by atoms with E-state index in [0.29, 0.717) is 19.0 Å². The molecule has 1 saturated heterocycles. The van der Waals surface area contributed by atoms with Gasteiger partial charge in [-0.15, -0.1) is 5.92 Å². The minimum absolute atomic E-state index is 0.0187. The van der Waals surface area contributed by atoms with Gasteiger partial charge in [-0.1, -0.05) is 24.1 Å². The summed E-state index contributed by atoms with van der Waals surface area (Å²) < 4.78 is 35.0. The van der Waals surface area contributed by atoms with Crippen molar-refractivity contribution in [3.05, 3.63) is 51.0 Å². The molecule has 3 heterocycles. The Hall–Kier alpha value is -4.05. The molecule has 1 unspecified atom stereocenters. The molecule has 4 rings (SSSR count). The first-order valence-electron chi connectivity index (χ1n) is 13.4. The molecule has 1 atom stereocenters. The Morgan fingerprint density at radius 3 is 2.54 bits per heavy atom. The third-order valence-electron chi connectivity index (χ3n) is 6.76. The van der Waals surface area contributed by atoms with Crippen molar-refractivity contribution in [3.8, 4) is 11.8 Å². The van der Waals surface area contributed by atoms with E-state index in [2.05, 4.69) is 22.1 Å². The van der Waals surface area contributed by atoms with E-state index in [1.54, 1.807) is 50.5 Å². The van der Waals surface area contributed by atoms with Gasteiger partial charge in [-0.3, -0.25) is 14.2 Å². The number of aromatic nitrogens is 4. The predicted molar refractivity (Wildman–Crippen MR) is 156 cm³/mol. The van der Waals surface area contributed by atoms with Crippen LogP contribution in [0.3, 0.4) is 0 Å². The highest BCUT2D eigenvalue weighted by molar-refractivity contribution is 7.91. The van der Waals surface area contributed by atoms with Gasteiger partial charge >= 0.3 is 6.09 Å². The molecule has 13 heteroatoms. The van der Waals surface area contributed by atoms with E-state index in [1.165, 1.54) is 19.2 Å². The number of nitrogens with one attached hydrogen (secondary N) is 1. The number of hydrogen-bond acceptors (Lipinski definition) is 8. The number of ether oxygens (including phenoxy) is 1. The summed E-state index contributed by atoms with van der Waals surface area (Å²) in [6.45, 7) is 7.93. The third-order valence-corrected chi connectivity index (χ3v) is 8.47. The molecule has 220 valence electrons. The van der Waals surface area contributed by atoms with Crippen LogP contribution in [0.25, 0.3) is 11.0 Å². The Balaban J connectivity index is 1.71. The van der Waals surface area contributed by atoms with Crippen LogP contribution >= 0.6 is 0 Å². The number of amides is 1. The first kappa shape index (κ1) is 29.9. The number of benzene rings is 1. The monoisotopic (exact) mass is 584 g/mol. The summed E-state index contributed by atoms with van der Waals surface area (Å²) in [7, 11) is -2.27. The first-order valence-corrected chi connectivity index (χ1v) is 15.1. The van der Waals surface area contributed by atoms with E-state index in [9.17, 15) is 22.8 Å². The molecule has 0 aliphatic carbocycles. The van der Waals surface area contributed by atoms with Crippen LogP contribution < -0.4 is 21.3 Å². The fourth-order valence-electron chi connectivity index (χ4n) is 4.83. The van der Waals surface area contributed by atoms with E-state index >= 15 is 0 Å². The first-order chi connectivity index (χ1) is 19.3. The molecule has 12 nitrogen and oxygen atoms in total.